The number of hydrogen-bond acceptors (Lipinski definition) is 5. The molecule has 0 spiro atoms. The van der Waals surface area contributed by atoms with Crippen LogP contribution >= 0.6 is 11.6 Å². The minimum absolute atomic E-state index is 0.0185. The van der Waals surface area contributed by atoms with Gasteiger partial charge in [0.15, 0.2) is 0 Å². The number of rotatable bonds is 6. The van der Waals surface area contributed by atoms with Gasteiger partial charge in [0.1, 0.15) is 23.0 Å². The van der Waals surface area contributed by atoms with Crippen LogP contribution in [0.15, 0.2) is 72.4 Å². The predicted molar refractivity (Wildman–Crippen MR) is 120 cm³/mol. The van der Waals surface area contributed by atoms with Crippen molar-refractivity contribution in [2.24, 2.45) is 0 Å². The summed E-state index contributed by atoms with van der Waals surface area (Å²) in [6.45, 7) is 0. The maximum absolute atomic E-state index is 13.8. The van der Waals surface area contributed by atoms with Gasteiger partial charge in [-0.15, -0.1) is 0 Å². The average molecular weight is 453 g/mol. The summed E-state index contributed by atoms with van der Waals surface area (Å²) < 4.78 is 24.4. The van der Waals surface area contributed by atoms with Crippen molar-refractivity contribution in [2.45, 2.75) is 0 Å². The highest BCUT2D eigenvalue weighted by Crippen LogP contribution is 2.37. The Hall–Kier alpha value is -3.84. The Morgan fingerprint density at radius 1 is 0.906 bits per heavy atom. The number of amides is 2. The topological polar surface area (TPSA) is 67.9 Å². The Labute approximate surface area is 188 Å². The first kappa shape index (κ1) is 21.4. The van der Waals surface area contributed by atoms with Crippen molar-refractivity contribution in [2.75, 3.05) is 24.4 Å². The van der Waals surface area contributed by atoms with Crippen molar-refractivity contribution in [1.29, 1.82) is 0 Å². The average Bonchev–Trinajstić information content (AvgIpc) is 3.03. The van der Waals surface area contributed by atoms with E-state index in [1.807, 2.05) is 0 Å². The largest absolute Gasteiger partial charge is 0.497 e. The van der Waals surface area contributed by atoms with Gasteiger partial charge in [-0.25, -0.2) is 9.29 Å². The fraction of sp³-hybridized carbons (Fsp3) is 0.0833. The molecule has 0 saturated carbocycles. The summed E-state index contributed by atoms with van der Waals surface area (Å²) in [5, 5.41) is 3.42. The first-order chi connectivity index (χ1) is 15.4. The molecule has 0 bridgehead atoms. The molecule has 0 saturated heterocycles. The zero-order valence-electron chi connectivity index (χ0n) is 17.2. The molecule has 0 fully saturated rings. The van der Waals surface area contributed by atoms with Crippen LogP contribution < -0.4 is 19.7 Å². The smallest absolute Gasteiger partial charge is 0.282 e. The zero-order valence-corrected chi connectivity index (χ0v) is 17.9. The van der Waals surface area contributed by atoms with Crippen LogP contribution in [0.3, 0.4) is 0 Å². The Bertz CT molecular complexity index is 1240. The van der Waals surface area contributed by atoms with Crippen LogP contribution in [0, 0.1) is 5.82 Å². The van der Waals surface area contributed by atoms with Gasteiger partial charge >= 0.3 is 0 Å². The molecule has 3 aromatic carbocycles. The second kappa shape index (κ2) is 8.72. The lowest BCUT2D eigenvalue weighted by Crippen LogP contribution is -2.32. The number of halogens is 2. The third-order valence-corrected chi connectivity index (χ3v) is 5.19. The first-order valence-electron chi connectivity index (χ1n) is 9.56. The molecule has 162 valence electrons. The van der Waals surface area contributed by atoms with Gasteiger partial charge in [-0.2, -0.15) is 0 Å². The van der Waals surface area contributed by atoms with E-state index in [-0.39, 0.29) is 17.0 Å². The summed E-state index contributed by atoms with van der Waals surface area (Å²) in [6, 6.07) is 16.9. The quantitative estimate of drug-likeness (QED) is 0.539. The van der Waals surface area contributed by atoms with E-state index in [1.54, 1.807) is 42.5 Å². The third-order valence-electron chi connectivity index (χ3n) is 4.95. The lowest BCUT2D eigenvalue weighted by atomic mass is 10.0. The molecule has 6 nitrogen and oxygen atoms in total. The highest BCUT2D eigenvalue weighted by molar-refractivity contribution is 6.46. The van der Waals surface area contributed by atoms with Gasteiger partial charge in [0.25, 0.3) is 11.8 Å². The molecule has 1 aliphatic heterocycles. The van der Waals surface area contributed by atoms with Crippen LogP contribution in [0.5, 0.6) is 11.5 Å². The van der Waals surface area contributed by atoms with Crippen LogP contribution in [-0.2, 0) is 9.59 Å². The molecule has 0 unspecified atom stereocenters. The summed E-state index contributed by atoms with van der Waals surface area (Å²) in [5.74, 6) is -0.755. The van der Waals surface area contributed by atoms with Crippen molar-refractivity contribution in [3.63, 3.8) is 0 Å². The van der Waals surface area contributed by atoms with E-state index in [9.17, 15) is 14.0 Å². The predicted octanol–water partition coefficient (Wildman–Crippen LogP) is 4.89. The molecule has 8 heteroatoms. The molecule has 1 aliphatic rings. The Morgan fingerprint density at radius 3 is 2.31 bits per heavy atom. The molecule has 0 atom stereocenters. The standard InChI is InChI=1S/C24H18ClFN2O4/c1-31-18-9-6-14(7-10-18)21-22(27-19-12-15(25)8-11-20(19)32-2)24(30)28(23(21)29)17-5-3-4-16(26)13-17/h3-13,27H,1-2H3. The summed E-state index contributed by atoms with van der Waals surface area (Å²) >= 11 is 6.12. The number of nitrogens with zero attached hydrogens (tertiary/aromatic N) is 1. The van der Waals surface area contributed by atoms with Gasteiger partial charge in [0, 0.05) is 5.02 Å². The monoisotopic (exact) mass is 452 g/mol. The van der Waals surface area contributed by atoms with Gasteiger partial charge < -0.3 is 14.8 Å². The van der Waals surface area contributed by atoms with Crippen molar-refractivity contribution in [3.8, 4) is 11.5 Å². The van der Waals surface area contributed by atoms with E-state index >= 15 is 0 Å². The minimum atomic E-state index is -0.631. The second-order valence-electron chi connectivity index (χ2n) is 6.87. The number of carbonyl (C=O) groups excluding carboxylic acids is 2. The van der Waals surface area contributed by atoms with Crippen molar-refractivity contribution in [3.05, 3.63) is 88.8 Å². The molecule has 32 heavy (non-hydrogen) atoms. The summed E-state index contributed by atoms with van der Waals surface area (Å²) in [7, 11) is 3.01. The number of ether oxygens (including phenoxy) is 2. The highest BCUT2D eigenvalue weighted by atomic mass is 35.5. The summed E-state index contributed by atoms with van der Waals surface area (Å²) in [6.07, 6.45) is 0. The fourth-order valence-corrected chi connectivity index (χ4v) is 3.61. The van der Waals surface area contributed by atoms with Crippen molar-refractivity contribution < 1.29 is 23.5 Å². The third kappa shape index (κ3) is 3.90. The summed E-state index contributed by atoms with van der Waals surface area (Å²) in [5.41, 5.74) is 1.17. The maximum Gasteiger partial charge on any atom is 0.282 e. The molecule has 2 amide bonds. The maximum atomic E-state index is 13.8. The number of hydrogen-bond donors (Lipinski definition) is 1. The number of anilines is 2. The lowest BCUT2D eigenvalue weighted by Gasteiger charge is -2.16. The van der Waals surface area contributed by atoms with Gasteiger partial charge in [-0.3, -0.25) is 9.59 Å². The Morgan fingerprint density at radius 2 is 1.66 bits per heavy atom. The Balaban J connectivity index is 1.85. The fourth-order valence-electron chi connectivity index (χ4n) is 3.43. The van der Waals surface area contributed by atoms with E-state index in [1.165, 1.54) is 32.4 Å². The molecular formula is C24H18ClFN2O4. The number of nitrogens with one attached hydrogen (secondary N) is 1. The molecule has 4 rings (SSSR count). The van der Waals surface area contributed by atoms with Crippen LogP contribution in [-0.4, -0.2) is 26.0 Å². The lowest BCUT2D eigenvalue weighted by molar-refractivity contribution is -0.120. The van der Waals surface area contributed by atoms with Crippen LogP contribution in [0.1, 0.15) is 5.56 Å². The molecule has 1 heterocycles. The second-order valence-corrected chi connectivity index (χ2v) is 7.31. The number of carbonyl (C=O) groups is 2. The zero-order chi connectivity index (χ0) is 22.8. The van der Waals surface area contributed by atoms with E-state index in [0.717, 1.165) is 11.0 Å². The number of imide groups is 1. The summed E-state index contributed by atoms with van der Waals surface area (Å²) in [4.78, 5) is 27.7. The van der Waals surface area contributed by atoms with E-state index in [0.29, 0.717) is 27.8 Å². The minimum Gasteiger partial charge on any atom is -0.497 e. The van der Waals surface area contributed by atoms with Crippen LogP contribution in [0.2, 0.25) is 5.02 Å². The van der Waals surface area contributed by atoms with Gasteiger partial charge in [0.2, 0.25) is 0 Å². The van der Waals surface area contributed by atoms with Gasteiger partial charge in [-0.1, -0.05) is 29.8 Å². The SMILES string of the molecule is COc1ccc(C2=C(Nc3cc(Cl)ccc3OC)C(=O)N(c3cccc(F)c3)C2=O)cc1. The van der Waals surface area contributed by atoms with E-state index in [4.69, 9.17) is 21.1 Å². The normalized spacial score (nSPS) is 13.6. The first-order valence-corrected chi connectivity index (χ1v) is 9.94. The van der Waals surface area contributed by atoms with Crippen LogP contribution in [0.4, 0.5) is 15.8 Å². The molecule has 0 radical (unpaired) electrons. The Kier molecular flexibility index (Phi) is 5.83. The van der Waals surface area contributed by atoms with Gasteiger partial charge in [0.05, 0.1) is 31.2 Å². The molecular weight excluding hydrogens is 435 g/mol. The number of methoxy groups -OCH3 is 2. The van der Waals surface area contributed by atoms with Gasteiger partial charge in [-0.05, 0) is 54.1 Å². The van der Waals surface area contributed by atoms with Crippen molar-refractivity contribution in [1.82, 2.24) is 0 Å². The van der Waals surface area contributed by atoms with E-state index in [2.05, 4.69) is 5.32 Å². The molecule has 0 aromatic heterocycles. The number of benzene rings is 3. The molecule has 0 aliphatic carbocycles. The highest BCUT2D eigenvalue weighted by Gasteiger charge is 2.40. The van der Waals surface area contributed by atoms with E-state index < -0.39 is 17.6 Å². The van der Waals surface area contributed by atoms with Crippen molar-refractivity contribution >= 4 is 40.4 Å². The molecule has 1 N–H and O–H groups in total. The van der Waals surface area contributed by atoms with Crippen LogP contribution in [0.25, 0.3) is 5.57 Å². The molecule has 3 aromatic rings.